The van der Waals surface area contributed by atoms with Crippen molar-refractivity contribution in [1.29, 1.82) is 0 Å². The van der Waals surface area contributed by atoms with Gasteiger partial charge in [0.15, 0.2) is 0 Å². The van der Waals surface area contributed by atoms with Gasteiger partial charge >= 0.3 is 0 Å². The molecule has 22 heavy (non-hydrogen) atoms. The van der Waals surface area contributed by atoms with Crippen molar-refractivity contribution in [2.75, 3.05) is 6.54 Å². The maximum atomic E-state index is 13.3. The number of aryl methyl sites for hydroxylation is 1. The van der Waals surface area contributed by atoms with Crippen LogP contribution < -0.4 is 0 Å². The summed E-state index contributed by atoms with van der Waals surface area (Å²) >= 11 is 0. The van der Waals surface area contributed by atoms with E-state index in [0.717, 1.165) is 45.0 Å². The largest absolute Gasteiger partial charge is 0.336 e. The van der Waals surface area contributed by atoms with Gasteiger partial charge in [-0.1, -0.05) is 0 Å². The van der Waals surface area contributed by atoms with Gasteiger partial charge in [-0.05, 0) is 37.8 Å². The minimum atomic E-state index is -0.476. The molecule has 5 nitrogen and oxygen atoms in total. The highest BCUT2D eigenvalue weighted by atomic mass is 19.1. The van der Waals surface area contributed by atoms with E-state index in [9.17, 15) is 9.18 Å². The predicted molar refractivity (Wildman–Crippen MR) is 79.7 cm³/mol. The Morgan fingerprint density at radius 3 is 3.05 bits per heavy atom. The minimum absolute atomic E-state index is 0.128. The van der Waals surface area contributed by atoms with Crippen molar-refractivity contribution >= 4 is 5.91 Å². The molecule has 0 bridgehead atoms. The topological polar surface area (TPSA) is 51.0 Å². The molecule has 1 fully saturated rings. The molecule has 6 heteroatoms. The number of likely N-dealkylation sites (tertiary alicyclic amines) is 1. The average molecular weight is 302 g/mol. The maximum Gasteiger partial charge on any atom is 0.255 e. The normalized spacial score (nSPS) is 18.4. The van der Waals surface area contributed by atoms with E-state index in [1.54, 1.807) is 6.20 Å². The van der Waals surface area contributed by atoms with Gasteiger partial charge in [0.25, 0.3) is 5.91 Å². The Labute approximate surface area is 128 Å². The number of hydrogen-bond donors (Lipinski definition) is 0. The number of nitrogens with zero attached hydrogens (tertiary/aromatic N) is 4. The van der Waals surface area contributed by atoms with Crippen LogP contribution >= 0.6 is 0 Å². The average Bonchev–Trinajstić information content (AvgIpc) is 3.06. The van der Waals surface area contributed by atoms with Crippen LogP contribution in [0.2, 0.25) is 0 Å². The van der Waals surface area contributed by atoms with Crippen molar-refractivity contribution in [2.45, 2.75) is 38.3 Å². The molecule has 1 amide bonds. The molecular formula is C16H19FN4O. The number of carbonyl (C=O) groups excluding carboxylic acids is 1. The van der Waals surface area contributed by atoms with Gasteiger partial charge in [0.1, 0.15) is 5.82 Å². The van der Waals surface area contributed by atoms with Crippen LogP contribution in [0.25, 0.3) is 0 Å². The van der Waals surface area contributed by atoms with E-state index in [-0.39, 0.29) is 11.9 Å². The van der Waals surface area contributed by atoms with E-state index in [1.165, 1.54) is 12.3 Å². The fourth-order valence-corrected chi connectivity index (χ4v) is 2.98. The molecule has 3 heterocycles. The van der Waals surface area contributed by atoms with Crippen LogP contribution in [0.15, 0.2) is 36.9 Å². The second-order valence-corrected chi connectivity index (χ2v) is 5.60. The Morgan fingerprint density at radius 1 is 1.36 bits per heavy atom. The number of hydrogen-bond acceptors (Lipinski definition) is 3. The highest BCUT2D eigenvalue weighted by Gasteiger charge is 2.27. The summed E-state index contributed by atoms with van der Waals surface area (Å²) in [5, 5.41) is 4.19. The molecule has 0 spiro atoms. The molecule has 3 rings (SSSR count). The molecule has 1 saturated heterocycles. The molecule has 1 aliphatic rings. The van der Waals surface area contributed by atoms with E-state index in [0.29, 0.717) is 5.56 Å². The van der Waals surface area contributed by atoms with Gasteiger partial charge in [0.2, 0.25) is 0 Å². The van der Waals surface area contributed by atoms with Crippen LogP contribution in [0.3, 0.4) is 0 Å². The molecule has 2 aromatic heterocycles. The number of halogens is 1. The van der Waals surface area contributed by atoms with Crippen LogP contribution in [0.4, 0.5) is 4.39 Å². The van der Waals surface area contributed by atoms with Crippen molar-refractivity contribution in [2.24, 2.45) is 0 Å². The van der Waals surface area contributed by atoms with E-state index in [4.69, 9.17) is 0 Å². The van der Waals surface area contributed by atoms with Gasteiger partial charge in [0.05, 0.1) is 11.8 Å². The third kappa shape index (κ3) is 3.32. The lowest BCUT2D eigenvalue weighted by Crippen LogP contribution is -2.44. The first kappa shape index (κ1) is 14.7. The zero-order valence-corrected chi connectivity index (χ0v) is 12.4. The molecule has 0 N–H and O–H groups in total. The molecule has 2 aromatic rings. The lowest BCUT2D eigenvalue weighted by Gasteiger charge is -2.36. The summed E-state index contributed by atoms with van der Waals surface area (Å²) in [7, 11) is 0. The highest BCUT2D eigenvalue weighted by molar-refractivity contribution is 5.94. The van der Waals surface area contributed by atoms with Crippen molar-refractivity contribution < 1.29 is 9.18 Å². The molecule has 1 atom stereocenters. The maximum absolute atomic E-state index is 13.3. The quantitative estimate of drug-likeness (QED) is 0.872. The second-order valence-electron chi connectivity index (χ2n) is 5.60. The lowest BCUT2D eigenvalue weighted by atomic mass is 9.98. The van der Waals surface area contributed by atoms with Crippen molar-refractivity contribution in [3.63, 3.8) is 0 Å². The fourth-order valence-electron chi connectivity index (χ4n) is 2.98. The van der Waals surface area contributed by atoms with Gasteiger partial charge in [-0.3, -0.25) is 14.5 Å². The summed E-state index contributed by atoms with van der Waals surface area (Å²) in [6.07, 6.45) is 10.2. The van der Waals surface area contributed by atoms with Crippen molar-refractivity contribution in [3.8, 4) is 0 Å². The number of carbonyl (C=O) groups is 1. The Morgan fingerprint density at radius 2 is 2.27 bits per heavy atom. The van der Waals surface area contributed by atoms with Gasteiger partial charge in [-0.15, -0.1) is 0 Å². The van der Waals surface area contributed by atoms with E-state index < -0.39 is 5.82 Å². The molecular weight excluding hydrogens is 283 g/mol. The van der Waals surface area contributed by atoms with E-state index in [1.807, 2.05) is 21.8 Å². The molecule has 0 unspecified atom stereocenters. The van der Waals surface area contributed by atoms with Crippen LogP contribution in [0.1, 0.15) is 36.0 Å². The molecule has 0 aliphatic carbocycles. The highest BCUT2D eigenvalue weighted by Crippen LogP contribution is 2.22. The predicted octanol–water partition coefficient (Wildman–Crippen LogP) is 2.50. The summed E-state index contributed by atoms with van der Waals surface area (Å²) in [6, 6.07) is 3.32. The Kier molecular flexibility index (Phi) is 4.46. The van der Waals surface area contributed by atoms with Crippen LogP contribution in [-0.4, -0.2) is 38.2 Å². The number of amides is 1. The van der Waals surface area contributed by atoms with E-state index >= 15 is 0 Å². The standard InChI is InChI=1S/C16H19FN4O/c17-14-10-13(11-18-12-14)16(22)21-8-2-1-4-15(21)5-9-20-7-3-6-19-20/h3,6-7,10-12,15H,1-2,4-5,8-9H2/t15-/m0/s1. The zero-order chi connectivity index (χ0) is 15.4. The van der Waals surface area contributed by atoms with Gasteiger partial charge in [0, 0.05) is 37.7 Å². The van der Waals surface area contributed by atoms with Crippen molar-refractivity contribution in [1.82, 2.24) is 19.7 Å². The molecule has 0 radical (unpaired) electrons. The molecule has 0 saturated carbocycles. The summed E-state index contributed by atoms with van der Waals surface area (Å²) in [5.41, 5.74) is 0.325. The van der Waals surface area contributed by atoms with Crippen LogP contribution in [0, 0.1) is 5.82 Å². The third-order valence-electron chi connectivity index (χ3n) is 4.09. The summed E-state index contributed by atoms with van der Waals surface area (Å²) in [4.78, 5) is 18.3. The van der Waals surface area contributed by atoms with Crippen molar-refractivity contribution in [3.05, 3.63) is 48.3 Å². The van der Waals surface area contributed by atoms with E-state index in [2.05, 4.69) is 10.1 Å². The Bertz CT molecular complexity index is 629. The first-order chi connectivity index (χ1) is 10.7. The summed E-state index contributed by atoms with van der Waals surface area (Å²) in [5.74, 6) is -0.604. The SMILES string of the molecule is O=C(c1cncc(F)c1)N1CCCC[C@H]1CCn1cccn1. The minimum Gasteiger partial charge on any atom is -0.336 e. The molecule has 0 aromatic carbocycles. The summed E-state index contributed by atoms with van der Waals surface area (Å²) < 4.78 is 15.2. The number of piperidine rings is 1. The smallest absolute Gasteiger partial charge is 0.255 e. The summed E-state index contributed by atoms with van der Waals surface area (Å²) in [6.45, 7) is 1.50. The first-order valence-corrected chi connectivity index (χ1v) is 7.63. The number of pyridine rings is 1. The number of aromatic nitrogens is 3. The van der Waals surface area contributed by atoms with Gasteiger partial charge in [-0.2, -0.15) is 5.10 Å². The number of rotatable bonds is 4. The van der Waals surface area contributed by atoms with Crippen LogP contribution in [-0.2, 0) is 6.54 Å². The van der Waals surface area contributed by atoms with Crippen LogP contribution in [0.5, 0.6) is 0 Å². The monoisotopic (exact) mass is 302 g/mol. The fraction of sp³-hybridized carbons (Fsp3) is 0.438. The molecule has 116 valence electrons. The first-order valence-electron chi connectivity index (χ1n) is 7.63. The van der Waals surface area contributed by atoms with Gasteiger partial charge < -0.3 is 4.90 Å². The lowest BCUT2D eigenvalue weighted by molar-refractivity contribution is 0.0593. The zero-order valence-electron chi connectivity index (χ0n) is 12.4. The second kappa shape index (κ2) is 6.68. The third-order valence-corrected chi connectivity index (χ3v) is 4.09. The Balaban J connectivity index is 1.70. The Hall–Kier alpha value is -2.24. The van der Waals surface area contributed by atoms with Gasteiger partial charge in [-0.25, -0.2) is 4.39 Å². The molecule has 1 aliphatic heterocycles.